The fourth-order valence-corrected chi connectivity index (χ4v) is 4.17. The average molecular weight is 336 g/mol. The fraction of sp³-hybridized carbons (Fsp3) is 0.158. The number of Topliss-reactive ketones (excluding diaryl/α,β-unsaturated/α-hetero) is 1. The van der Waals surface area contributed by atoms with Crippen LogP contribution in [-0.4, -0.2) is 16.0 Å². The van der Waals surface area contributed by atoms with Gasteiger partial charge in [0.2, 0.25) is 0 Å². The summed E-state index contributed by atoms with van der Waals surface area (Å²) in [5, 5.41) is 12.4. The maximum Gasteiger partial charge on any atom is 0.161 e. The summed E-state index contributed by atoms with van der Waals surface area (Å²) >= 11 is 6.51. The first-order valence-electron chi connectivity index (χ1n) is 7.97. The van der Waals surface area contributed by atoms with Crippen molar-refractivity contribution in [2.24, 2.45) is 0 Å². The molecule has 2 aromatic carbocycles. The van der Waals surface area contributed by atoms with Gasteiger partial charge < -0.3 is 5.32 Å². The number of hydrogen-bond acceptors (Lipinski definition) is 3. The first kappa shape index (κ1) is 13.8. The summed E-state index contributed by atoms with van der Waals surface area (Å²) in [6.45, 7) is 0. The molecule has 118 valence electrons. The van der Waals surface area contributed by atoms with E-state index in [0.29, 0.717) is 11.4 Å². The molecule has 0 bridgehead atoms. The van der Waals surface area contributed by atoms with Crippen LogP contribution in [0.15, 0.2) is 53.9 Å². The first-order valence-corrected chi connectivity index (χ1v) is 8.35. The van der Waals surface area contributed by atoms with Crippen molar-refractivity contribution in [2.45, 2.75) is 18.8 Å². The SMILES string of the molecule is O=C1CCC2=C1C(c1ccccc1Cl)c1c(ccc3[nH]ncc13)N2. The summed E-state index contributed by atoms with van der Waals surface area (Å²) in [6, 6.07) is 11.8. The molecule has 1 aromatic heterocycles. The van der Waals surface area contributed by atoms with Gasteiger partial charge in [0.25, 0.3) is 0 Å². The predicted molar refractivity (Wildman–Crippen MR) is 94.3 cm³/mol. The van der Waals surface area contributed by atoms with E-state index in [2.05, 4.69) is 15.5 Å². The molecule has 0 radical (unpaired) electrons. The number of nitrogens with zero attached hydrogens (tertiary/aromatic N) is 1. The third-order valence-electron chi connectivity index (χ3n) is 4.97. The number of H-pyrrole nitrogens is 1. The molecule has 5 heteroatoms. The molecular formula is C19H14ClN3O. The second-order valence-electron chi connectivity index (χ2n) is 6.25. The van der Waals surface area contributed by atoms with Gasteiger partial charge in [0, 0.05) is 39.7 Å². The smallest absolute Gasteiger partial charge is 0.161 e. The predicted octanol–water partition coefficient (Wildman–Crippen LogP) is 4.39. The van der Waals surface area contributed by atoms with Gasteiger partial charge in [-0.2, -0.15) is 5.10 Å². The largest absolute Gasteiger partial charge is 0.358 e. The molecule has 24 heavy (non-hydrogen) atoms. The molecule has 1 aliphatic carbocycles. The number of carbonyl (C=O) groups is 1. The van der Waals surface area contributed by atoms with Crippen LogP contribution in [0.25, 0.3) is 10.9 Å². The van der Waals surface area contributed by atoms with Crippen LogP contribution in [0.3, 0.4) is 0 Å². The van der Waals surface area contributed by atoms with E-state index in [9.17, 15) is 4.79 Å². The van der Waals surface area contributed by atoms with Gasteiger partial charge >= 0.3 is 0 Å². The van der Waals surface area contributed by atoms with Crippen LogP contribution in [-0.2, 0) is 4.79 Å². The number of benzene rings is 2. The molecule has 2 aliphatic rings. The minimum Gasteiger partial charge on any atom is -0.358 e. The van der Waals surface area contributed by atoms with E-state index in [1.165, 1.54) is 0 Å². The Kier molecular flexibility index (Phi) is 2.85. The van der Waals surface area contributed by atoms with Crippen molar-refractivity contribution in [3.05, 3.63) is 70.0 Å². The highest BCUT2D eigenvalue weighted by Gasteiger charge is 2.38. The molecule has 0 spiro atoms. The number of carbonyl (C=O) groups excluding carboxylic acids is 1. The van der Waals surface area contributed by atoms with Gasteiger partial charge in [0.1, 0.15) is 0 Å². The Hall–Kier alpha value is -2.59. The molecule has 1 aliphatic heterocycles. The van der Waals surface area contributed by atoms with Gasteiger partial charge in [-0.15, -0.1) is 0 Å². The maximum absolute atomic E-state index is 12.6. The molecule has 2 N–H and O–H groups in total. The van der Waals surface area contributed by atoms with E-state index in [4.69, 9.17) is 11.6 Å². The minimum absolute atomic E-state index is 0.152. The van der Waals surface area contributed by atoms with Gasteiger partial charge in [0.15, 0.2) is 5.78 Å². The zero-order chi connectivity index (χ0) is 16.3. The van der Waals surface area contributed by atoms with Crippen LogP contribution in [0.5, 0.6) is 0 Å². The molecule has 0 amide bonds. The summed E-state index contributed by atoms with van der Waals surface area (Å²) in [6.07, 6.45) is 3.14. The molecule has 5 rings (SSSR count). The molecular weight excluding hydrogens is 322 g/mol. The topological polar surface area (TPSA) is 57.8 Å². The average Bonchev–Trinajstić information content (AvgIpc) is 3.20. The van der Waals surface area contributed by atoms with Gasteiger partial charge in [-0.05, 0) is 35.7 Å². The Morgan fingerprint density at radius 3 is 2.88 bits per heavy atom. The fourth-order valence-electron chi connectivity index (χ4n) is 3.93. The van der Waals surface area contributed by atoms with Crippen LogP contribution < -0.4 is 5.32 Å². The number of allylic oxidation sites excluding steroid dienone is 2. The number of hydrogen-bond donors (Lipinski definition) is 2. The highest BCUT2D eigenvalue weighted by atomic mass is 35.5. The highest BCUT2D eigenvalue weighted by Crippen LogP contribution is 2.49. The van der Waals surface area contributed by atoms with E-state index >= 15 is 0 Å². The summed E-state index contributed by atoms with van der Waals surface area (Å²) < 4.78 is 0. The lowest BCUT2D eigenvalue weighted by Gasteiger charge is -2.29. The van der Waals surface area contributed by atoms with Gasteiger partial charge in [-0.1, -0.05) is 29.8 Å². The lowest BCUT2D eigenvalue weighted by molar-refractivity contribution is -0.115. The number of halogens is 1. The quantitative estimate of drug-likeness (QED) is 0.693. The molecule has 3 aromatic rings. The van der Waals surface area contributed by atoms with Crippen LogP contribution in [0, 0.1) is 0 Å². The van der Waals surface area contributed by atoms with Crippen LogP contribution in [0.2, 0.25) is 5.02 Å². The Bertz CT molecular complexity index is 1030. The molecule has 0 saturated heterocycles. The minimum atomic E-state index is -0.152. The van der Waals surface area contributed by atoms with E-state index in [-0.39, 0.29) is 11.7 Å². The summed E-state index contributed by atoms with van der Waals surface area (Å²) in [5.41, 5.74) is 5.91. The number of fused-ring (bicyclic) bond motifs is 3. The Morgan fingerprint density at radius 1 is 1.12 bits per heavy atom. The number of nitrogens with one attached hydrogen (secondary N) is 2. The van der Waals surface area contributed by atoms with E-state index in [1.807, 2.05) is 42.6 Å². The molecule has 0 saturated carbocycles. The zero-order valence-electron chi connectivity index (χ0n) is 12.8. The van der Waals surface area contributed by atoms with Crippen molar-refractivity contribution in [3.8, 4) is 0 Å². The standard InChI is InChI=1S/C19H14ClN3O/c20-12-4-2-1-3-10(12)18-17-11-9-21-23-13(11)5-6-14(17)22-15-7-8-16(24)19(15)18/h1-6,9,18,22H,7-8H2,(H,21,23). The van der Waals surface area contributed by atoms with Gasteiger partial charge in [-0.3, -0.25) is 9.89 Å². The van der Waals surface area contributed by atoms with Crippen molar-refractivity contribution < 1.29 is 4.79 Å². The van der Waals surface area contributed by atoms with Crippen molar-refractivity contribution in [1.82, 2.24) is 10.2 Å². The highest BCUT2D eigenvalue weighted by molar-refractivity contribution is 6.31. The third kappa shape index (κ3) is 1.80. The number of ketones is 1. The zero-order valence-corrected chi connectivity index (χ0v) is 13.5. The van der Waals surface area contributed by atoms with Crippen molar-refractivity contribution >= 4 is 34.0 Å². The van der Waals surface area contributed by atoms with Crippen molar-refractivity contribution in [2.75, 3.05) is 5.32 Å². The number of anilines is 1. The van der Waals surface area contributed by atoms with E-state index in [1.54, 1.807) is 0 Å². The number of rotatable bonds is 1. The van der Waals surface area contributed by atoms with Gasteiger partial charge in [0.05, 0.1) is 11.7 Å². The number of aromatic amines is 1. The summed E-state index contributed by atoms with van der Waals surface area (Å²) in [4.78, 5) is 12.6. The molecule has 1 unspecified atom stereocenters. The molecule has 1 atom stereocenters. The summed E-state index contributed by atoms with van der Waals surface area (Å²) in [7, 11) is 0. The lowest BCUT2D eigenvalue weighted by atomic mass is 9.79. The van der Waals surface area contributed by atoms with Crippen LogP contribution >= 0.6 is 11.6 Å². The van der Waals surface area contributed by atoms with E-state index < -0.39 is 0 Å². The Labute approximate surface area is 143 Å². The lowest BCUT2D eigenvalue weighted by Crippen LogP contribution is -2.19. The Balaban J connectivity index is 1.86. The second-order valence-corrected chi connectivity index (χ2v) is 6.66. The van der Waals surface area contributed by atoms with Crippen molar-refractivity contribution in [3.63, 3.8) is 0 Å². The second kappa shape index (κ2) is 4.95. The van der Waals surface area contributed by atoms with Crippen molar-refractivity contribution in [1.29, 1.82) is 0 Å². The molecule has 2 heterocycles. The van der Waals surface area contributed by atoms with E-state index in [0.717, 1.165) is 45.4 Å². The van der Waals surface area contributed by atoms with Gasteiger partial charge in [-0.25, -0.2) is 0 Å². The van der Waals surface area contributed by atoms with Crippen LogP contribution in [0.4, 0.5) is 5.69 Å². The number of aromatic nitrogens is 2. The summed E-state index contributed by atoms with van der Waals surface area (Å²) in [5.74, 6) is 0.0508. The molecule has 4 nitrogen and oxygen atoms in total. The normalized spacial score (nSPS) is 19.4. The first-order chi connectivity index (χ1) is 11.7. The third-order valence-corrected chi connectivity index (χ3v) is 5.32. The monoisotopic (exact) mass is 335 g/mol. The molecule has 0 fully saturated rings. The maximum atomic E-state index is 12.6. The Morgan fingerprint density at radius 2 is 2.00 bits per heavy atom. The van der Waals surface area contributed by atoms with Crippen LogP contribution in [0.1, 0.15) is 29.9 Å².